The van der Waals surface area contributed by atoms with Crippen molar-refractivity contribution in [2.75, 3.05) is 24.5 Å². The Balaban J connectivity index is 2.05. The molecular weight excluding hydrogens is 292 g/mol. The molecule has 1 fully saturated rings. The summed E-state index contributed by atoms with van der Waals surface area (Å²) in [4.78, 5) is 11.3. The summed E-state index contributed by atoms with van der Waals surface area (Å²) in [5.41, 5.74) is 3.10. The Labute approximate surface area is 115 Å². The first-order valence-electron chi connectivity index (χ1n) is 6.12. The molecule has 1 unspecified atom stereocenters. The number of fused-ring (bicyclic) bond motifs is 1. The van der Waals surface area contributed by atoms with Crippen LogP contribution in [0.25, 0.3) is 11.0 Å². The van der Waals surface area contributed by atoms with Gasteiger partial charge in [-0.15, -0.1) is 0 Å². The number of hydrogen-bond acceptors (Lipinski definition) is 4. The fourth-order valence-corrected chi connectivity index (χ4v) is 2.72. The zero-order valence-electron chi connectivity index (χ0n) is 10.2. The van der Waals surface area contributed by atoms with E-state index in [1.54, 1.807) is 0 Å². The highest BCUT2D eigenvalue weighted by atomic mass is 79.9. The van der Waals surface area contributed by atoms with Crippen LogP contribution in [0.3, 0.4) is 0 Å². The number of nitrogens with zero attached hydrogens (tertiary/aromatic N) is 3. The monoisotopic (exact) mass is 306 g/mol. The number of nitrogens with one attached hydrogen (secondary N) is 1. The normalized spacial score (nSPS) is 20.3. The molecule has 0 aromatic carbocycles. The summed E-state index contributed by atoms with van der Waals surface area (Å²) in [5, 5.41) is 3.45. The van der Waals surface area contributed by atoms with Crippen LogP contribution in [0.2, 0.25) is 0 Å². The van der Waals surface area contributed by atoms with Crippen molar-refractivity contribution in [3.63, 3.8) is 0 Å². The van der Waals surface area contributed by atoms with Crippen LogP contribution in [-0.4, -0.2) is 35.6 Å². The Kier molecular flexibility index (Phi) is 3.18. The molecule has 3 heterocycles. The largest absolute Gasteiger partial charge is 0.367 e. The molecule has 1 aliphatic heterocycles. The summed E-state index contributed by atoms with van der Waals surface area (Å²) in [5.74, 6) is 0. The topological polar surface area (TPSA) is 41.1 Å². The fourth-order valence-electron chi connectivity index (χ4n) is 2.40. The van der Waals surface area contributed by atoms with Crippen molar-refractivity contribution in [1.29, 1.82) is 0 Å². The second kappa shape index (κ2) is 4.82. The van der Waals surface area contributed by atoms with Crippen molar-refractivity contribution in [3.8, 4) is 0 Å². The maximum Gasteiger partial charge on any atom is 0.112 e. The van der Waals surface area contributed by atoms with E-state index in [-0.39, 0.29) is 0 Å². The molecule has 1 aliphatic rings. The molecule has 4 nitrogen and oxygen atoms in total. The Morgan fingerprint density at radius 3 is 3.17 bits per heavy atom. The number of anilines is 1. The third kappa shape index (κ3) is 2.20. The van der Waals surface area contributed by atoms with E-state index >= 15 is 0 Å². The van der Waals surface area contributed by atoms with E-state index in [2.05, 4.69) is 49.1 Å². The lowest BCUT2D eigenvalue weighted by Gasteiger charge is -2.33. The van der Waals surface area contributed by atoms with Crippen molar-refractivity contribution < 1.29 is 0 Å². The zero-order valence-corrected chi connectivity index (χ0v) is 11.8. The minimum Gasteiger partial charge on any atom is -0.367 e. The van der Waals surface area contributed by atoms with E-state index in [9.17, 15) is 0 Å². The maximum atomic E-state index is 4.51. The molecule has 0 radical (unpaired) electrons. The molecule has 0 bridgehead atoms. The molecule has 2 aromatic rings. The quantitative estimate of drug-likeness (QED) is 0.877. The molecule has 0 aliphatic carbocycles. The van der Waals surface area contributed by atoms with Crippen LogP contribution >= 0.6 is 15.9 Å². The van der Waals surface area contributed by atoms with Crippen molar-refractivity contribution in [1.82, 2.24) is 15.3 Å². The van der Waals surface area contributed by atoms with Crippen molar-refractivity contribution in [3.05, 3.63) is 29.0 Å². The molecule has 94 valence electrons. The number of halogens is 1. The van der Waals surface area contributed by atoms with Crippen LogP contribution in [0, 0.1) is 0 Å². The van der Waals surface area contributed by atoms with Crippen LogP contribution in [0.5, 0.6) is 0 Å². The number of pyridine rings is 2. The SMILES string of the molecule is CC1CN(c2ccnc3cc(Br)cnc23)CCN1. The van der Waals surface area contributed by atoms with E-state index in [0.29, 0.717) is 6.04 Å². The van der Waals surface area contributed by atoms with Gasteiger partial charge in [-0.2, -0.15) is 0 Å². The molecule has 0 saturated carbocycles. The number of hydrogen-bond donors (Lipinski definition) is 1. The van der Waals surface area contributed by atoms with Crippen LogP contribution < -0.4 is 10.2 Å². The van der Waals surface area contributed by atoms with Gasteiger partial charge in [0, 0.05) is 42.5 Å². The van der Waals surface area contributed by atoms with Crippen molar-refractivity contribution in [2.24, 2.45) is 0 Å². The van der Waals surface area contributed by atoms with Gasteiger partial charge in [0.15, 0.2) is 0 Å². The highest BCUT2D eigenvalue weighted by Crippen LogP contribution is 2.25. The molecule has 3 rings (SSSR count). The van der Waals surface area contributed by atoms with E-state index in [1.807, 2.05) is 18.5 Å². The van der Waals surface area contributed by atoms with Gasteiger partial charge in [-0.1, -0.05) is 0 Å². The van der Waals surface area contributed by atoms with Crippen LogP contribution in [0.4, 0.5) is 5.69 Å². The maximum absolute atomic E-state index is 4.51. The van der Waals surface area contributed by atoms with Crippen LogP contribution in [0.1, 0.15) is 6.92 Å². The van der Waals surface area contributed by atoms with E-state index < -0.39 is 0 Å². The Morgan fingerprint density at radius 2 is 2.33 bits per heavy atom. The number of piperazine rings is 1. The second-order valence-electron chi connectivity index (χ2n) is 4.65. The average Bonchev–Trinajstić information content (AvgIpc) is 2.37. The predicted molar refractivity (Wildman–Crippen MR) is 76.9 cm³/mol. The highest BCUT2D eigenvalue weighted by molar-refractivity contribution is 9.10. The zero-order chi connectivity index (χ0) is 12.5. The first-order valence-corrected chi connectivity index (χ1v) is 6.92. The molecular formula is C13H15BrN4. The number of rotatable bonds is 1. The van der Waals surface area contributed by atoms with Gasteiger partial charge in [0.1, 0.15) is 5.52 Å². The summed E-state index contributed by atoms with van der Waals surface area (Å²) in [6.07, 6.45) is 3.69. The molecule has 2 aromatic heterocycles. The highest BCUT2D eigenvalue weighted by Gasteiger charge is 2.18. The summed E-state index contributed by atoms with van der Waals surface area (Å²) >= 11 is 3.44. The molecule has 0 spiro atoms. The molecule has 0 amide bonds. The lowest BCUT2D eigenvalue weighted by atomic mass is 10.2. The van der Waals surface area contributed by atoms with Gasteiger partial charge in [0.2, 0.25) is 0 Å². The van der Waals surface area contributed by atoms with Crippen LogP contribution in [-0.2, 0) is 0 Å². The number of aromatic nitrogens is 2. The minimum atomic E-state index is 0.511. The average molecular weight is 307 g/mol. The summed E-state index contributed by atoms with van der Waals surface area (Å²) in [6.45, 7) is 5.25. The van der Waals surface area contributed by atoms with Gasteiger partial charge in [-0.25, -0.2) is 0 Å². The lowest BCUT2D eigenvalue weighted by Crippen LogP contribution is -2.49. The summed E-state index contributed by atoms with van der Waals surface area (Å²) < 4.78 is 0.966. The standard InChI is InChI=1S/C13H15BrN4/c1-9-8-18(5-4-15-9)12-2-3-16-11-6-10(14)7-17-13(11)12/h2-3,6-7,9,15H,4-5,8H2,1H3. The smallest absolute Gasteiger partial charge is 0.112 e. The third-order valence-electron chi connectivity index (χ3n) is 3.23. The predicted octanol–water partition coefficient (Wildman–Crippen LogP) is 2.19. The van der Waals surface area contributed by atoms with Crippen molar-refractivity contribution >= 4 is 32.7 Å². The Hall–Kier alpha value is -1.20. The summed E-state index contributed by atoms with van der Waals surface area (Å²) in [7, 11) is 0. The molecule has 18 heavy (non-hydrogen) atoms. The first-order chi connectivity index (χ1) is 8.74. The van der Waals surface area contributed by atoms with Gasteiger partial charge in [0.25, 0.3) is 0 Å². The van der Waals surface area contributed by atoms with Gasteiger partial charge >= 0.3 is 0 Å². The van der Waals surface area contributed by atoms with E-state index in [0.717, 1.165) is 35.1 Å². The minimum absolute atomic E-state index is 0.511. The molecule has 5 heteroatoms. The Morgan fingerprint density at radius 1 is 1.44 bits per heavy atom. The van der Waals surface area contributed by atoms with Gasteiger partial charge in [-0.3, -0.25) is 9.97 Å². The Bertz CT molecular complexity index is 572. The fraction of sp³-hybridized carbons (Fsp3) is 0.385. The molecule has 1 saturated heterocycles. The van der Waals surface area contributed by atoms with Gasteiger partial charge < -0.3 is 10.2 Å². The second-order valence-corrected chi connectivity index (χ2v) is 5.57. The first kappa shape index (κ1) is 11.9. The van der Waals surface area contributed by atoms with Crippen LogP contribution in [0.15, 0.2) is 29.0 Å². The summed E-state index contributed by atoms with van der Waals surface area (Å²) in [6, 6.07) is 4.58. The lowest BCUT2D eigenvalue weighted by molar-refractivity contribution is 0.485. The van der Waals surface area contributed by atoms with E-state index in [4.69, 9.17) is 0 Å². The third-order valence-corrected chi connectivity index (χ3v) is 3.67. The van der Waals surface area contributed by atoms with Gasteiger partial charge in [0.05, 0.1) is 11.2 Å². The van der Waals surface area contributed by atoms with Gasteiger partial charge in [-0.05, 0) is 35.0 Å². The van der Waals surface area contributed by atoms with Crippen molar-refractivity contribution in [2.45, 2.75) is 13.0 Å². The van der Waals surface area contributed by atoms with E-state index in [1.165, 1.54) is 5.69 Å². The molecule has 1 N–H and O–H groups in total. The molecule has 1 atom stereocenters.